The summed E-state index contributed by atoms with van der Waals surface area (Å²) in [6, 6.07) is 4.99. The van der Waals surface area contributed by atoms with Crippen molar-refractivity contribution >= 4 is 5.82 Å². The maximum absolute atomic E-state index is 4.57. The third-order valence-corrected chi connectivity index (χ3v) is 4.03. The number of nitrogens with zero attached hydrogens (tertiary/aromatic N) is 3. The third kappa shape index (κ3) is 3.69. The lowest BCUT2D eigenvalue weighted by molar-refractivity contribution is 0.146. The Bertz CT molecular complexity index is 372. The lowest BCUT2D eigenvalue weighted by Crippen LogP contribution is -2.34. The molecule has 3 nitrogen and oxygen atoms in total. The van der Waals surface area contributed by atoms with Crippen LogP contribution < -0.4 is 4.90 Å². The van der Waals surface area contributed by atoms with E-state index in [1.807, 2.05) is 14.1 Å². The highest BCUT2D eigenvalue weighted by Gasteiger charge is 2.23. The van der Waals surface area contributed by atoms with Gasteiger partial charge in [-0.05, 0) is 44.0 Å². The van der Waals surface area contributed by atoms with Crippen LogP contribution in [0.1, 0.15) is 50.6 Å². The van der Waals surface area contributed by atoms with E-state index in [0.717, 1.165) is 5.82 Å². The fourth-order valence-corrected chi connectivity index (χ4v) is 2.86. The van der Waals surface area contributed by atoms with Gasteiger partial charge in [0.2, 0.25) is 0 Å². The van der Waals surface area contributed by atoms with Crippen molar-refractivity contribution in [2.75, 3.05) is 32.1 Å². The zero-order valence-corrected chi connectivity index (χ0v) is 12.6. The fraction of sp³-hybridized carbons (Fsp3) is 0.688. The minimum atomic E-state index is 0.587. The molecular formula is C16H27N3. The first-order chi connectivity index (χ1) is 9.22. The first-order valence-corrected chi connectivity index (χ1v) is 7.59. The Balaban J connectivity index is 2.08. The molecule has 1 aliphatic heterocycles. The Hall–Kier alpha value is -1.09. The highest BCUT2D eigenvalue weighted by atomic mass is 15.2. The standard InChI is InChI=1S/C16H27N3/c1-4-5-11-19-12-7-6-8-15(19)14-9-10-16(17-13-14)18(2)3/h9-10,13,15H,4-8,11-12H2,1-3H3. The molecule has 0 radical (unpaired) electrons. The van der Waals surface area contributed by atoms with Crippen LogP contribution in [-0.4, -0.2) is 37.1 Å². The van der Waals surface area contributed by atoms with E-state index in [9.17, 15) is 0 Å². The number of pyridine rings is 1. The second kappa shape index (κ2) is 6.90. The Morgan fingerprint density at radius 1 is 1.32 bits per heavy atom. The average Bonchev–Trinajstić information content (AvgIpc) is 2.45. The molecule has 1 atom stereocenters. The summed E-state index contributed by atoms with van der Waals surface area (Å²) in [6.45, 7) is 4.75. The van der Waals surface area contributed by atoms with Crippen molar-refractivity contribution in [1.82, 2.24) is 9.88 Å². The summed E-state index contributed by atoms with van der Waals surface area (Å²) in [5, 5.41) is 0. The molecular weight excluding hydrogens is 234 g/mol. The van der Waals surface area contributed by atoms with E-state index in [-0.39, 0.29) is 0 Å². The van der Waals surface area contributed by atoms with Gasteiger partial charge in [-0.3, -0.25) is 4.90 Å². The van der Waals surface area contributed by atoms with Gasteiger partial charge < -0.3 is 4.90 Å². The van der Waals surface area contributed by atoms with Crippen LogP contribution in [0.5, 0.6) is 0 Å². The molecule has 1 saturated heterocycles. The summed E-state index contributed by atoms with van der Waals surface area (Å²) in [6.07, 6.45) is 8.64. The summed E-state index contributed by atoms with van der Waals surface area (Å²) < 4.78 is 0. The van der Waals surface area contributed by atoms with Crippen molar-refractivity contribution in [3.8, 4) is 0 Å². The minimum Gasteiger partial charge on any atom is -0.363 e. The van der Waals surface area contributed by atoms with E-state index in [4.69, 9.17) is 0 Å². The molecule has 1 aliphatic rings. The third-order valence-electron chi connectivity index (χ3n) is 4.03. The van der Waals surface area contributed by atoms with Crippen molar-refractivity contribution < 1.29 is 0 Å². The van der Waals surface area contributed by atoms with E-state index < -0.39 is 0 Å². The first kappa shape index (κ1) is 14.3. The maximum atomic E-state index is 4.57. The van der Waals surface area contributed by atoms with E-state index in [0.29, 0.717) is 6.04 Å². The highest BCUT2D eigenvalue weighted by Crippen LogP contribution is 2.31. The number of unbranched alkanes of at least 4 members (excludes halogenated alkanes) is 1. The second-order valence-electron chi connectivity index (χ2n) is 5.75. The van der Waals surface area contributed by atoms with Gasteiger partial charge in [-0.2, -0.15) is 0 Å². The molecule has 0 saturated carbocycles. The molecule has 0 amide bonds. The van der Waals surface area contributed by atoms with Gasteiger partial charge in [0.05, 0.1) is 0 Å². The van der Waals surface area contributed by atoms with Crippen molar-refractivity contribution in [2.24, 2.45) is 0 Å². The second-order valence-corrected chi connectivity index (χ2v) is 5.75. The monoisotopic (exact) mass is 261 g/mol. The molecule has 0 aliphatic carbocycles. The van der Waals surface area contributed by atoms with Crippen LogP contribution >= 0.6 is 0 Å². The topological polar surface area (TPSA) is 19.4 Å². The Morgan fingerprint density at radius 2 is 2.16 bits per heavy atom. The zero-order valence-electron chi connectivity index (χ0n) is 12.6. The summed E-state index contributed by atoms with van der Waals surface area (Å²) in [5.74, 6) is 1.04. The number of anilines is 1. The Kier molecular flexibility index (Phi) is 5.20. The molecule has 2 rings (SSSR count). The fourth-order valence-electron chi connectivity index (χ4n) is 2.86. The number of likely N-dealkylation sites (tertiary alicyclic amines) is 1. The molecule has 106 valence electrons. The van der Waals surface area contributed by atoms with Crippen LogP contribution in [0, 0.1) is 0 Å². The van der Waals surface area contributed by atoms with Crippen LogP contribution in [0.4, 0.5) is 5.82 Å². The van der Waals surface area contributed by atoms with Crippen LogP contribution in [0.15, 0.2) is 18.3 Å². The van der Waals surface area contributed by atoms with E-state index >= 15 is 0 Å². The summed E-state index contributed by atoms with van der Waals surface area (Å²) in [7, 11) is 4.08. The maximum Gasteiger partial charge on any atom is 0.127 e. The van der Waals surface area contributed by atoms with Gasteiger partial charge in [0.25, 0.3) is 0 Å². The molecule has 0 N–H and O–H groups in total. The van der Waals surface area contributed by atoms with E-state index in [1.54, 1.807) is 0 Å². The predicted octanol–water partition coefficient (Wildman–Crippen LogP) is 3.47. The Labute approximate surface area is 117 Å². The van der Waals surface area contributed by atoms with Crippen molar-refractivity contribution in [3.05, 3.63) is 23.9 Å². The van der Waals surface area contributed by atoms with E-state index in [2.05, 4.69) is 40.0 Å². The van der Waals surface area contributed by atoms with Gasteiger partial charge >= 0.3 is 0 Å². The summed E-state index contributed by atoms with van der Waals surface area (Å²) >= 11 is 0. The van der Waals surface area contributed by atoms with Gasteiger partial charge in [0.1, 0.15) is 5.82 Å². The predicted molar refractivity (Wildman–Crippen MR) is 81.6 cm³/mol. The van der Waals surface area contributed by atoms with Gasteiger partial charge in [-0.15, -0.1) is 0 Å². The highest BCUT2D eigenvalue weighted by molar-refractivity contribution is 5.37. The molecule has 0 bridgehead atoms. The minimum absolute atomic E-state index is 0.587. The smallest absolute Gasteiger partial charge is 0.127 e. The normalized spacial score (nSPS) is 20.5. The summed E-state index contributed by atoms with van der Waals surface area (Å²) in [4.78, 5) is 9.27. The van der Waals surface area contributed by atoms with Crippen LogP contribution in [0.25, 0.3) is 0 Å². The molecule has 1 aromatic rings. The average molecular weight is 261 g/mol. The number of hydrogen-bond acceptors (Lipinski definition) is 3. The van der Waals surface area contributed by atoms with Crippen molar-refractivity contribution in [3.63, 3.8) is 0 Å². The number of piperidine rings is 1. The molecule has 0 spiro atoms. The first-order valence-electron chi connectivity index (χ1n) is 7.59. The summed E-state index contributed by atoms with van der Waals surface area (Å²) in [5.41, 5.74) is 1.39. The zero-order chi connectivity index (χ0) is 13.7. The molecule has 1 aromatic heterocycles. The molecule has 1 fully saturated rings. The number of aromatic nitrogens is 1. The van der Waals surface area contributed by atoms with E-state index in [1.165, 1.54) is 50.8 Å². The van der Waals surface area contributed by atoms with Gasteiger partial charge in [0, 0.05) is 26.3 Å². The van der Waals surface area contributed by atoms with Crippen molar-refractivity contribution in [2.45, 2.75) is 45.1 Å². The molecule has 2 heterocycles. The van der Waals surface area contributed by atoms with Crippen LogP contribution in [0.2, 0.25) is 0 Å². The quantitative estimate of drug-likeness (QED) is 0.809. The molecule has 19 heavy (non-hydrogen) atoms. The van der Waals surface area contributed by atoms with Gasteiger partial charge in [-0.1, -0.05) is 25.8 Å². The SMILES string of the molecule is CCCCN1CCCCC1c1ccc(N(C)C)nc1. The molecule has 1 unspecified atom stereocenters. The largest absolute Gasteiger partial charge is 0.363 e. The molecule has 3 heteroatoms. The van der Waals surface area contributed by atoms with Crippen LogP contribution in [-0.2, 0) is 0 Å². The lowest BCUT2D eigenvalue weighted by Gasteiger charge is -2.36. The Morgan fingerprint density at radius 3 is 2.79 bits per heavy atom. The van der Waals surface area contributed by atoms with Gasteiger partial charge in [-0.25, -0.2) is 4.98 Å². The lowest BCUT2D eigenvalue weighted by atomic mass is 9.96. The van der Waals surface area contributed by atoms with Crippen LogP contribution in [0.3, 0.4) is 0 Å². The molecule has 0 aromatic carbocycles. The van der Waals surface area contributed by atoms with Crippen molar-refractivity contribution in [1.29, 1.82) is 0 Å². The number of rotatable bonds is 5. The van der Waals surface area contributed by atoms with Gasteiger partial charge in [0.15, 0.2) is 0 Å². The number of hydrogen-bond donors (Lipinski definition) is 0.